The summed E-state index contributed by atoms with van der Waals surface area (Å²) < 4.78 is 0. The van der Waals surface area contributed by atoms with Crippen molar-refractivity contribution in [3.8, 4) is 5.75 Å². The van der Waals surface area contributed by atoms with Crippen molar-refractivity contribution in [2.24, 2.45) is 0 Å². The van der Waals surface area contributed by atoms with Gasteiger partial charge in [-0.25, -0.2) is 0 Å². The first-order chi connectivity index (χ1) is 6.33. The van der Waals surface area contributed by atoms with Crippen LogP contribution >= 0.6 is 0 Å². The first-order valence-corrected chi connectivity index (χ1v) is 5.11. The zero-order valence-electron chi connectivity index (χ0n) is 8.29. The number of aryl methyl sites for hydroxylation is 1. The number of unbranched alkanes of at least 4 members (excludes halogenated alkanes) is 3. The van der Waals surface area contributed by atoms with E-state index in [0.717, 1.165) is 6.42 Å². The standard InChI is InChI=1S/C12H18O.Li.H/c1-2-3-4-5-6-11-7-9-12(13)10-8-11;;/h7-10,13H,2-6H2,1H3;;. The molecule has 74 valence electrons. The Morgan fingerprint density at radius 3 is 2.21 bits per heavy atom. The van der Waals surface area contributed by atoms with Crippen molar-refractivity contribution in [3.63, 3.8) is 0 Å². The SMILES string of the molecule is CCCCCCc1ccc(O)cc1.[LiH]. The van der Waals surface area contributed by atoms with Crippen LogP contribution in [0.5, 0.6) is 5.75 Å². The number of hydrogen-bond donors (Lipinski definition) is 1. The number of phenols is 1. The summed E-state index contributed by atoms with van der Waals surface area (Å²) in [5, 5.41) is 9.07. The van der Waals surface area contributed by atoms with Crippen molar-refractivity contribution in [3.05, 3.63) is 29.8 Å². The predicted molar refractivity (Wildman–Crippen MR) is 63.1 cm³/mol. The van der Waals surface area contributed by atoms with Crippen molar-refractivity contribution in [1.29, 1.82) is 0 Å². The molecule has 0 aliphatic heterocycles. The maximum atomic E-state index is 9.07. The van der Waals surface area contributed by atoms with E-state index >= 15 is 0 Å². The van der Waals surface area contributed by atoms with E-state index < -0.39 is 0 Å². The fourth-order valence-corrected chi connectivity index (χ4v) is 1.42. The quantitative estimate of drug-likeness (QED) is 0.553. The Labute approximate surface area is 98.7 Å². The van der Waals surface area contributed by atoms with Gasteiger partial charge in [-0.1, -0.05) is 38.3 Å². The molecule has 0 aliphatic carbocycles. The van der Waals surface area contributed by atoms with Gasteiger partial charge in [-0.15, -0.1) is 0 Å². The summed E-state index contributed by atoms with van der Waals surface area (Å²) in [5.74, 6) is 0.359. The molecule has 0 bridgehead atoms. The number of phenolic OH excluding ortho intramolecular Hbond substituents is 1. The number of aromatic hydroxyl groups is 1. The van der Waals surface area contributed by atoms with Crippen molar-refractivity contribution >= 4 is 18.9 Å². The summed E-state index contributed by atoms with van der Waals surface area (Å²) in [6.45, 7) is 2.22. The Bertz CT molecular complexity index is 231. The second kappa shape index (κ2) is 7.97. The molecule has 0 unspecified atom stereocenters. The minimum atomic E-state index is 0. The molecular formula is C12H19LiO. The van der Waals surface area contributed by atoms with Gasteiger partial charge < -0.3 is 5.11 Å². The molecule has 0 aliphatic rings. The molecule has 0 fully saturated rings. The molecule has 1 N–H and O–H groups in total. The Balaban J connectivity index is 0.00000169. The van der Waals surface area contributed by atoms with Gasteiger partial charge in [0.05, 0.1) is 0 Å². The van der Waals surface area contributed by atoms with Crippen LogP contribution in [0.3, 0.4) is 0 Å². The molecular weight excluding hydrogens is 167 g/mol. The van der Waals surface area contributed by atoms with E-state index in [0.29, 0.717) is 5.75 Å². The monoisotopic (exact) mass is 186 g/mol. The molecule has 14 heavy (non-hydrogen) atoms. The van der Waals surface area contributed by atoms with Gasteiger partial charge in [0.25, 0.3) is 0 Å². The number of benzene rings is 1. The minimum absolute atomic E-state index is 0. The zero-order valence-corrected chi connectivity index (χ0v) is 8.29. The molecule has 0 amide bonds. The topological polar surface area (TPSA) is 20.2 Å². The van der Waals surface area contributed by atoms with E-state index in [1.54, 1.807) is 12.1 Å². The number of rotatable bonds is 5. The summed E-state index contributed by atoms with van der Waals surface area (Å²) in [6.07, 6.45) is 6.34. The normalized spacial score (nSPS) is 9.50. The fraction of sp³-hybridized carbons (Fsp3) is 0.500. The molecule has 0 radical (unpaired) electrons. The third-order valence-corrected chi connectivity index (χ3v) is 2.26. The van der Waals surface area contributed by atoms with Crippen molar-refractivity contribution in [2.45, 2.75) is 39.0 Å². The molecule has 1 rings (SSSR count). The van der Waals surface area contributed by atoms with E-state index in [2.05, 4.69) is 6.92 Å². The molecule has 1 aromatic rings. The third-order valence-electron chi connectivity index (χ3n) is 2.26. The Morgan fingerprint density at radius 2 is 1.64 bits per heavy atom. The van der Waals surface area contributed by atoms with E-state index in [4.69, 9.17) is 5.11 Å². The Hall–Kier alpha value is -0.383. The van der Waals surface area contributed by atoms with Gasteiger partial charge in [-0.2, -0.15) is 0 Å². The first-order valence-electron chi connectivity index (χ1n) is 5.11. The number of hydrogen-bond acceptors (Lipinski definition) is 1. The van der Waals surface area contributed by atoms with Crippen LogP contribution in [0, 0.1) is 0 Å². The van der Waals surface area contributed by atoms with Crippen LogP contribution in [0.1, 0.15) is 38.2 Å². The van der Waals surface area contributed by atoms with Crippen LogP contribution in [-0.2, 0) is 6.42 Å². The molecule has 0 atom stereocenters. The van der Waals surface area contributed by atoms with Gasteiger partial charge in [-0.05, 0) is 30.5 Å². The Morgan fingerprint density at radius 1 is 1.00 bits per heavy atom. The van der Waals surface area contributed by atoms with Crippen LogP contribution in [-0.4, -0.2) is 24.0 Å². The zero-order chi connectivity index (χ0) is 9.52. The second-order valence-electron chi connectivity index (χ2n) is 3.48. The average molecular weight is 186 g/mol. The van der Waals surface area contributed by atoms with E-state index in [-0.39, 0.29) is 18.9 Å². The van der Waals surface area contributed by atoms with Gasteiger partial charge in [0.15, 0.2) is 0 Å². The molecule has 1 nitrogen and oxygen atoms in total. The fourth-order valence-electron chi connectivity index (χ4n) is 1.42. The molecule has 1 aromatic carbocycles. The van der Waals surface area contributed by atoms with Crippen LogP contribution in [0.2, 0.25) is 0 Å². The molecule has 0 aromatic heterocycles. The summed E-state index contributed by atoms with van der Waals surface area (Å²) in [4.78, 5) is 0. The van der Waals surface area contributed by atoms with Crippen molar-refractivity contribution in [1.82, 2.24) is 0 Å². The van der Waals surface area contributed by atoms with Gasteiger partial charge >= 0.3 is 18.9 Å². The molecule has 0 saturated heterocycles. The van der Waals surface area contributed by atoms with Crippen LogP contribution in [0.4, 0.5) is 0 Å². The van der Waals surface area contributed by atoms with Gasteiger partial charge in [0.2, 0.25) is 0 Å². The van der Waals surface area contributed by atoms with Crippen molar-refractivity contribution in [2.75, 3.05) is 0 Å². The van der Waals surface area contributed by atoms with E-state index in [1.165, 1.54) is 31.2 Å². The molecule has 2 heteroatoms. The second-order valence-corrected chi connectivity index (χ2v) is 3.48. The third kappa shape index (κ3) is 5.37. The molecule has 0 spiro atoms. The van der Waals surface area contributed by atoms with Gasteiger partial charge in [0, 0.05) is 0 Å². The van der Waals surface area contributed by atoms with Gasteiger partial charge in [-0.3, -0.25) is 0 Å². The van der Waals surface area contributed by atoms with E-state index in [1.807, 2.05) is 12.1 Å². The molecule has 0 saturated carbocycles. The predicted octanol–water partition coefficient (Wildman–Crippen LogP) is 2.87. The summed E-state index contributed by atoms with van der Waals surface area (Å²) in [6, 6.07) is 7.52. The van der Waals surface area contributed by atoms with Crippen molar-refractivity contribution < 1.29 is 5.11 Å². The van der Waals surface area contributed by atoms with E-state index in [9.17, 15) is 0 Å². The van der Waals surface area contributed by atoms with Crippen LogP contribution < -0.4 is 0 Å². The van der Waals surface area contributed by atoms with Gasteiger partial charge in [0.1, 0.15) is 5.75 Å². The first kappa shape index (κ1) is 13.6. The maximum absolute atomic E-state index is 9.07. The van der Waals surface area contributed by atoms with Crippen LogP contribution in [0.15, 0.2) is 24.3 Å². The average Bonchev–Trinajstić information content (AvgIpc) is 2.15. The summed E-state index contributed by atoms with van der Waals surface area (Å²) in [7, 11) is 0. The Kier molecular flexibility index (Phi) is 7.75. The summed E-state index contributed by atoms with van der Waals surface area (Å²) >= 11 is 0. The summed E-state index contributed by atoms with van der Waals surface area (Å²) in [5.41, 5.74) is 1.33. The molecule has 0 heterocycles. The van der Waals surface area contributed by atoms with Crippen LogP contribution in [0.25, 0.3) is 0 Å².